The third kappa shape index (κ3) is 3.40. The molecule has 3 aromatic rings. The number of imide groups is 1. The summed E-state index contributed by atoms with van der Waals surface area (Å²) in [7, 11) is 0. The van der Waals surface area contributed by atoms with Crippen LogP contribution in [0.25, 0.3) is 5.57 Å². The molecule has 1 aliphatic rings. The number of aryl methyl sites for hydroxylation is 2. The van der Waals surface area contributed by atoms with Crippen molar-refractivity contribution in [2.75, 3.05) is 10.2 Å². The van der Waals surface area contributed by atoms with Crippen LogP contribution in [0.3, 0.4) is 0 Å². The van der Waals surface area contributed by atoms with Crippen molar-refractivity contribution in [1.82, 2.24) is 0 Å². The molecule has 1 aliphatic heterocycles. The molecule has 4 rings (SSSR count). The van der Waals surface area contributed by atoms with Crippen LogP contribution in [-0.4, -0.2) is 11.8 Å². The first-order valence-electron chi connectivity index (χ1n) is 9.66. The van der Waals surface area contributed by atoms with Gasteiger partial charge >= 0.3 is 0 Å². The highest BCUT2D eigenvalue weighted by Crippen LogP contribution is 2.36. The van der Waals surface area contributed by atoms with Gasteiger partial charge in [-0.3, -0.25) is 9.59 Å². The van der Waals surface area contributed by atoms with Crippen molar-refractivity contribution in [3.05, 3.63) is 99.7 Å². The monoisotopic (exact) mass is 416 g/mol. The van der Waals surface area contributed by atoms with Crippen LogP contribution in [-0.2, 0) is 9.59 Å². The molecule has 3 aromatic carbocycles. The van der Waals surface area contributed by atoms with Gasteiger partial charge in [0.2, 0.25) is 0 Å². The minimum absolute atomic E-state index is 0.263. The average molecular weight is 417 g/mol. The number of hydrogen-bond donors (Lipinski definition) is 1. The summed E-state index contributed by atoms with van der Waals surface area (Å²) in [5, 5.41) is 3.71. The van der Waals surface area contributed by atoms with E-state index in [2.05, 4.69) is 5.32 Å². The number of carbonyl (C=O) groups is 2. The number of amides is 2. The molecule has 0 saturated heterocycles. The van der Waals surface area contributed by atoms with Gasteiger partial charge in [-0.05, 0) is 61.2 Å². The molecule has 2 amide bonds. The molecular weight excluding hydrogens is 396 g/mol. The molecule has 1 N–H and O–H groups in total. The smallest absolute Gasteiger partial charge is 0.282 e. The van der Waals surface area contributed by atoms with Crippen molar-refractivity contribution in [2.24, 2.45) is 0 Å². The lowest BCUT2D eigenvalue weighted by atomic mass is 10.0. The molecule has 0 aromatic heterocycles. The van der Waals surface area contributed by atoms with Crippen LogP contribution in [0.5, 0.6) is 0 Å². The zero-order valence-corrected chi connectivity index (χ0v) is 17.7. The molecule has 150 valence electrons. The molecule has 0 saturated carbocycles. The van der Waals surface area contributed by atoms with Crippen molar-refractivity contribution >= 4 is 40.4 Å². The number of rotatable bonds is 4. The quantitative estimate of drug-likeness (QED) is 0.558. The van der Waals surface area contributed by atoms with Gasteiger partial charge in [-0.2, -0.15) is 0 Å². The Balaban J connectivity index is 1.87. The van der Waals surface area contributed by atoms with E-state index in [-0.39, 0.29) is 11.6 Å². The number of nitrogens with one attached hydrogen (secondary N) is 1. The van der Waals surface area contributed by atoms with Gasteiger partial charge in [-0.1, -0.05) is 60.1 Å². The largest absolute Gasteiger partial charge is 0.350 e. The third-order valence-corrected chi connectivity index (χ3v) is 5.66. The highest BCUT2D eigenvalue weighted by Gasteiger charge is 2.41. The van der Waals surface area contributed by atoms with Crippen molar-refractivity contribution in [3.8, 4) is 0 Å². The summed E-state index contributed by atoms with van der Waals surface area (Å²) in [6.45, 7) is 5.85. The Hall–Kier alpha value is -3.37. The number of hydrogen-bond acceptors (Lipinski definition) is 3. The van der Waals surface area contributed by atoms with Crippen LogP contribution in [0.1, 0.15) is 22.3 Å². The van der Waals surface area contributed by atoms with Crippen LogP contribution in [0, 0.1) is 20.8 Å². The predicted octanol–water partition coefficient (Wildman–Crippen LogP) is 5.66. The molecule has 4 nitrogen and oxygen atoms in total. The van der Waals surface area contributed by atoms with Crippen LogP contribution in [0.15, 0.2) is 72.4 Å². The van der Waals surface area contributed by atoms with Crippen molar-refractivity contribution < 1.29 is 9.59 Å². The zero-order valence-electron chi connectivity index (χ0n) is 17.0. The number of nitrogens with zero attached hydrogens (tertiary/aromatic N) is 1. The maximum absolute atomic E-state index is 13.5. The normalized spacial score (nSPS) is 13.9. The lowest BCUT2D eigenvalue weighted by Gasteiger charge is -2.18. The highest BCUT2D eigenvalue weighted by atomic mass is 35.5. The van der Waals surface area contributed by atoms with Gasteiger partial charge in [0.1, 0.15) is 5.70 Å². The van der Waals surface area contributed by atoms with Crippen molar-refractivity contribution in [2.45, 2.75) is 20.8 Å². The summed E-state index contributed by atoms with van der Waals surface area (Å²) in [5.74, 6) is -0.769. The van der Waals surface area contributed by atoms with E-state index in [0.717, 1.165) is 22.4 Å². The van der Waals surface area contributed by atoms with E-state index >= 15 is 0 Å². The van der Waals surface area contributed by atoms with Crippen molar-refractivity contribution in [1.29, 1.82) is 0 Å². The molecule has 30 heavy (non-hydrogen) atoms. The fraction of sp³-hybridized carbons (Fsp3) is 0.120. The third-order valence-electron chi connectivity index (χ3n) is 5.42. The predicted molar refractivity (Wildman–Crippen MR) is 122 cm³/mol. The maximum atomic E-state index is 13.5. The summed E-state index contributed by atoms with van der Waals surface area (Å²) in [4.78, 5) is 28.2. The maximum Gasteiger partial charge on any atom is 0.282 e. The summed E-state index contributed by atoms with van der Waals surface area (Å²) in [6, 6.07) is 20.3. The van der Waals surface area contributed by atoms with Crippen LogP contribution < -0.4 is 10.2 Å². The van der Waals surface area contributed by atoms with E-state index in [0.29, 0.717) is 21.8 Å². The Morgan fingerprint density at radius 3 is 2.27 bits per heavy atom. The molecule has 0 unspecified atom stereocenters. The van der Waals surface area contributed by atoms with E-state index in [1.165, 1.54) is 4.90 Å². The Kier molecular flexibility index (Phi) is 5.18. The van der Waals surface area contributed by atoms with Gasteiger partial charge < -0.3 is 5.32 Å². The molecule has 0 aliphatic carbocycles. The number of anilines is 2. The highest BCUT2D eigenvalue weighted by molar-refractivity contribution is 6.46. The van der Waals surface area contributed by atoms with Gasteiger partial charge in [0.15, 0.2) is 0 Å². The molecule has 0 spiro atoms. The summed E-state index contributed by atoms with van der Waals surface area (Å²) < 4.78 is 0. The topological polar surface area (TPSA) is 49.4 Å². The van der Waals surface area contributed by atoms with E-state index in [4.69, 9.17) is 11.6 Å². The second kappa shape index (κ2) is 7.81. The minimum Gasteiger partial charge on any atom is -0.350 e. The number of halogens is 1. The average Bonchev–Trinajstić information content (AvgIpc) is 2.97. The Morgan fingerprint density at radius 1 is 0.800 bits per heavy atom. The lowest BCUT2D eigenvalue weighted by molar-refractivity contribution is -0.120. The zero-order chi connectivity index (χ0) is 21.4. The van der Waals surface area contributed by atoms with E-state index in [9.17, 15) is 9.59 Å². The summed E-state index contributed by atoms with van der Waals surface area (Å²) >= 11 is 6.17. The second-order valence-corrected chi connectivity index (χ2v) is 7.80. The van der Waals surface area contributed by atoms with Gasteiger partial charge in [0.25, 0.3) is 11.8 Å². The summed E-state index contributed by atoms with van der Waals surface area (Å²) in [6.07, 6.45) is 0. The SMILES string of the molecule is Cc1ccc(Cl)cc1N1C(=O)C(Nc2cccc(C)c2C)=C(c2ccccc2)C1=O. The van der Waals surface area contributed by atoms with Crippen LogP contribution >= 0.6 is 11.6 Å². The van der Waals surface area contributed by atoms with Gasteiger partial charge in [0, 0.05) is 10.7 Å². The van der Waals surface area contributed by atoms with Gasteiger partial charge in [-0.25, -0.2) is 4.90 Å². The van der Waals surface area contributed by atoms with Crippen LogP contribution in [0.4, 0.5) is 11.4 Å². The number of carbonyl (C=O) groups excluding carboxylic acids is 2. The fourth-order valence-electron chi connectivity index (χ4n) is 3.58. The Labute approximate surface area is 180 Å². The minimum atomic E-state index is -0.398. The van der Waals surface area contributed by atoms with E-state index < -0.39 is 5.91 Å². The van der Waals surface area contributed by atoms with Gasteiger partial charge in [0.05, 0.1) is 11.3 Å². The van der Waals surface area contributed by atoms with Gasteiger partial charge in [-0.15, -0.1) is 0 Å². The molecule has 0 atom stereocenters. The Morgan fingerprint density at radius 2 is 1.53 bits per heavy atom. The molecular formula is C25H21ClN2O2. The second-order valence-electron chi connectivity index (χ2n) is 7.37. The first-order chi connectivity index (χ1) is 14.4. The summed E-state index contributed by atoms with van der Waals surface area (Å²) in [5.41, 5.74) is 5.50. The molecule has 0 bridgehead atoms. The van der Waals surface area contributed by atoms with E-state index in [1.807, 2.05) is 69.3 Å². The molecule has 1 heterocycles. The Bertz CT molecular complexity index is 1200. The molecule has 0 fully saturated rings. The standard InChI is InChI=1S/C25H21ClN2O2/c1-15-8-7-11-20(17(15)3)27-23-22(18-9-5-4-6-10-18)24(29)28(25(23)30)21-14-19(26)13-12-16(21)2/h4-14,27H,1-3H3. The lowest BCUT2D eigenvalue weighted by Crippen LogP contribution is -2.33. The molecule has 5 heteroatoms. The first-order valence-corrected chi connectivity index (χ1v) is 10.0. The molecule has 0 radical (unpaired) electrons. The van der Waals surface area contributed by atoms with E-state index in [1.54, 1.807) is 18.2 Å². The van der Waals surface area contributed by atoms with Crippen molar-refractivity contribution in [3.63, 3.8) is 0 Å². The fourth-order valence-corrected chi connectivity index (χ4v) is 3.75. The van der Waals surface area contributed by atoms with Crippen LogP contribution in [0.2, 0.25) is 5.02 Å². The number of benzene rings is 3. The first kappa shape index (κ1) is 19.9.